The van der Waals surface area contributed by atoms with Gasteiger partial charge in [0.25, 0.3) is 10.0 Å². The quantitative estimate of drug-likeness (QED) is 0.670. The van der Waals surface area contributed by atoms with Crippen molar-refractivity contribution < 1.29 is 21.7 Å². The summed E-state index contributed by atoms with van der Waals surface area (Å²) in [6, 6.07) is 8.31. The van der Waals surface area contributed by atoms with Gasteiger partial charge in [-0.1, -0.05) is 5.16 Å². The number of hydrogen-bond donors (Lipinski definition) is 1. The van der Waals surface area contributed by atoms with Gasteiger partial charge < -0.3 is 9.84 Å². The van der Waals surface area contributed by atoms with E-state index in [4.69, 9.17) is 4.52 Å². The number of rotatable bonds is 5. The van der Waals surface area contributed by atoms with Gasteiger partial charge >= 0.3 is 0 Å². The van der Waals surface area contributed by atoms with Gasteiger partial charge in [-0.15, -0.1) is 11.3 Å². The van der Waals surface area contributed by atoms with Crippen LogP contribution >= 0.6 is 11.3 Å². The highest BCUT2D eigenvalue weighted by molar-refractivity contribution is 7.91. The molecule has 1 aliphatic heterocycles. The highest BCUT2D eigenvalue weighted by atomic mass is 32.2. The van der Waals surface area contributed by atoms with Crippen LogP contribution in [0.25, 0.3) is 10.6 Å². The Balaban J connectivity index is 1.49. The maximum Gasteiger partial charge on any atom is 0.252 e. The number of benzene rings is 1. The lowest BCUT2D eigenvalue weighted by molar-refractivity contribution is 0.327. The number of nitrogens with one attached hydrogen (secondary N) is 1. The number of sulfonamides is 1. The van der Waals surface area contributed by atoms with Gasteiger partial charge in [0.1, 0.15) is 16.2 Å². The standard InChI is InChI=1S/C18H17F2N3O3S2/c19-14-4-3-12(10-15(14)20)21-13-2-1-8-23(11-13)28(24,25)18-6-5-17(27-18)16-7-9-26-22-16/h3-7,9-10,13,21H,1-2,8,11H2/t13-/m0/s1. The lowest BCUT2D eigenvalue weighted by Gasteiger charge is -2.32. The van der Waals surface area contributed by atoms with E-state index in [-0.39, 0.29) is 16.8 Å². The highest BCUT2D eigenvalue weighted by Gasteiger charge is 2.31. The van der Waals surface area contributed by atoms with E-state index < -0.39 is 21.7 Å². The van der Waals surface area contributed by atoms with Crippen LogP contribution in [-0.2, 0) is 10.0 Å². The third-order valence-electron chi connectivity index (χ3n) is 4.54. The molecule has 0 bridgehead atoms. The molecule has 3 aromatic rings. The van der Waals surface area contributed by atoms with E-state index in [1.165, 1.54) is 16.6 Å². The van der Waals surface area contributed by atoms with Crippen LogP contribution in [0.15, 0.2) is 51.4 Å². The van der Waals surface area contributed by atoms with E-state index in [2.05, 4.69) is 10.5 Å². The Morgan fingerprint density at radius 1 is 1.18 bits per heavy atom. The molecule has 3 heterocycles. The largest absolute Gasteiger partial charge is 0.381 e. The number of thiophene rings is 1. The van der Waals surface area contributed by atoms with Crippen LogP contribution in [-0.4, -0.2) is 37.0 Å². The van der Waals surface area contributed by atoms with Gasteiger partial charge in [-0.25, -0.2) is 17.2 Å². The number of aromatic nitrogens is 1. The molecule has 6 nitrogen and oxygen atoms in total. The van der Waals surface area contributed by atoms with Crippen molar-refractivity contribution in [1.82, 2.24) is 9.46 Å². The molecule has 0 amide bonds. The van der Waals surface area contributed by atoms with E-state index in [9.17, 15) is 17.2 Å². The first kappa shape index (κ1) is 19.0. The maximum absolute atomic E-state index is 13.4. The third-order valence-corrected chi connectivity index (χ3v) is 7.98. The second kappa shape index (κ2) is 7.61. The van der Waals surface area contributed by atoms with Gasteiger partial charge in [0, 0.05) is 37.0 Å². The summed E-state index contributed by atoms with van der Waals surface area (Å²) in [4.78, 5) is 0.709. The van der Waals surface area contributed by atoms with Crippen LogP contribution in [0.3, 0.4) is 0 Å². The van der Waals surface area contributed by atoms with Crippen molar-refractivity contribution in [1.29, 1.82) is 0 Å². The number of anilines is 1. The molecule has 1 aliphatic rings. The summed E-state index contributed by atoms with van der Waals surface area (Å²) in [6.07, 6.45) is 2.84. The smallest absolute Gasteiger partial charge is 0.252 e. The van der Waals surface area contributed by atoms with Crippen LogP contribution in [0.2, 0.25) is 0 Å². The molecule has 1 atom stereocenters. The van der Waals surface area contributed by atoms with Crippen molar-refractivity contribution in [3.63, 3.8) is 0 Å². The lowest BCUT2D eigenvalue weighted by atomic mass is 10.1. The molecule has 0 aliphatic carbocycles. The minimum absolute atomic E-state index is 0.191. The van der Waals surface area contributed by atoms with Crippen molar-refractivity contribution in [3.8, 4) is 10.6 Å². The molecule has 1 fully saturated rings. The minimum Gasteiger partial charge on any atom is -0.381 e. The van der Waals surface area contributed by atoms with E-state index in [0.717, 1.165) is 29.9 Å². The minimum atomic E-state index is -3.65. The normalized spacial score (nSPS) is 18.3. The van der Waals surface area contributed by atoms with Crippen LogP contribution < -0.4 is 5.32 Å². The van der Waals surface area contributed by atoms with Crippen molar-refractivity contribution in [2.24, 2.45) is 0 Å². The molecule has 1 saturated heterocycles. The van der Waals surface area contributed by atoms with Gasteiger partial charge in [0.05, 0.1) is 4.88 Å². The number of halogens is 2. The first-order chi connectivity index (χ1) is 13.4. The predicted molar refractivity (Wildman–Crippen MR) is 102 cm³/mol. The molecule has 10 heteroatoms. The first-order valence-electron chi connectivity index (χ1n) is 8.66. The Hall–Kier alpha value is -2.30. The van der Waals surface area contributed by atoms with Gasteiger partial charge in [0.15, 0.2) is 11.6 Å². The fraction of sp³-hybridized carbons (Fsp3) is 0.278. The number of nitrogens with zero attached hydrogens (tertiary/aromatic N) is 2. The molecule has 1 aromatic carbocycles. The second-order valence-corrected chi connectivity index (χ2v) is 9.73. The molecule has 0 spiro atoms. The Kier molecular flexibility index (Phi) is 5.17. The molecule has 0 saturated carbocycles. The number of hydrogen-bond acceptors (Lipinski definition) is 6. The third kappa shape index (κ3) is 3.80. The molecule has 4 rings (SSSR count). The summed E-state index contributed by atoms with van der Waals surface area (Å²) in [6.45, 7) is 0.661. The van der Waals surface area contributed by atoms with Crippen molar-refractivity contribution in [2.75, 3.05) is 18.4 Å². The molecular formula is C18H17F2N3O3S2. The molecule has 0 radical (unpaired) electrons. The van der Waals surface area contributed by atoms with E-state index in [1.807, 2.05) is 0 Å². The first-order valence-corrected chi connectivity index (χ1v) is 10.9. The topological polar surface area (TPSA) is 75.4 Å². The molecule has 148 valence electrons. The average molecular weight is 425 g/mol. The Morgan fingerprint density at radius 2 is 2.04 bits per heavy atom. The highest BCUT2D eigenvalue weighted by Crippen LogP contribution is 2.32. The Morgan fingerprint density at radius 3 is 2.79 bits per heavy atom. The maximum atomic E-state index is 13.4. The summed E-state index contributed by atoms with van der Waals surface area (Å²) in [5.41, 5.74) is 1.01. The van der Waals surface area contributed by atoms with E-state index >= 15 is 0 Å². The fourth-order valence-electron chi connectivity index (χ4n) is 3.16. The fourth-order valence-corrected chi connectivity index (χ4v) is 6.11. The summed E-state index contributed by atoms with van der Waals surface area (Å²) in [5, 5.41) is 6.92. The second-order valence-electron chi connectivity index (χ2n) is 6.48. The van der Waals surface area contributed by atoms with Gasteiger partial charge in [-0.05, 0) is 37.1 Å². The van der Waals surface area contributed by atoms with Crippen molar-refractivity contribution in [2.45, 2.75) is 23.1 Å². The molecule has 2 aromatic heterocycles. The van der Waals surface area contributed by atoms with Crippen LogP contribution in [0.1, 0.15) is 12.8 Å². The van der Waals surface area contributed by atoms with Crippen molar-refractivity contribution in [3.05, 3.63) is 54.3 Å². The Labute approximate surface area is 164 Å². The van der Waals surface area contributed by atoms with Crippen LogP contribution in [0.4, 0.5) is 14.5 Å². The monoisotopic (exact) mass is 425 g/mol. The molecule has 0 unspecified atom stereocenters. The predicted octanol–water partition coefficient (Wildman–Crippen LogP) is 3.95. The molecule has 1 N–H and O–H groups in total. The molecular weight excluding hydrogens is 408 g/mol. The van der Waals surface area contributed by atoms with Gasteiger partial charge in [-0.3, -0.25) is 0 Å². The zero-order valence-corrected chi connectivity index (χ0v) is 16.3. The van der Waals surface area contributed by atoms with Gasteiger partial charge in [0.2, 0.25) is 0 Å². The van der Waals surface area contributed by atoms with Gasteiger partial charge in [-0.2, -0.15) is 4.31 Å². The summed E-state index contributed by atoms with van der Waals surface area (Å²) >= 11 is 1.14. The zero-order valence-electron chi connectivity index (χ0n) is 14.6. The van der Waals surface area contributed by atoms with E-state index in [1.54, 1.807) is 18.2 Å². The van der Waals surface area contributed by atoms with E-state index in [0.29, 0.717) is 29.2 Å². The van der Waals surface area contributed by atoms with Crippen molar-refractivity contribution >= 4 is 27.0 Å². The van der Waals surface area contributed by atoms with Crippen LogP contribution in [0, 0.1) is 11.6 Å². The molecule has 28 heavy (non-hydrogen) atoms. The average Bonchev–Trinajstić information content (AvgIpc) is 3.36. The van der Waals surface area contributed by atoms with Crippen LogP contribution in [0.5, 0.6) is 0 Å². The number of piperidine rings is 1. The lowest BCUT2D eigenvalue weighted by Crippen LogP contribution is -2.44. The summed E-state index contributed by atoms with van der Waals surface area (Å²) < 4.78 is 59.0. The SMILES string of the molecule is O=S(=O)(c1ccc(-c2ccon2)s1)N1CCC[C@H](Nc2ccc(F)c(F)c2)C1. The zero-order chi connectivity index (χ0) is 19.7. The Bertz CT molecular complexity index is 1070. The summed E-state index contributed by atoms with van der Waals surface area (Å²) in [7, 11) is -3.65. The summed E-state index contributed by atoms with van der Waals surface area (Å²) in [5.74, 6) is -1.86.